The molecule has 0 aromatic heterocycles. The van der Waals surface area contributed by atoms with Gasteiger partial charge in [0.1, 0.15) is 0 Å². The van der Waals surface area contributed by atoms with Crippen molar-refractivity contribution in [3.05, 3.63) is 35.4 Å². The number of hydrogen-bond donors (Lipinski definition) is 2. The van der Waals surface area contributed by atoms with Crippen molar-refractivity contribution in [3.8, 4) is 0 Å². The van der Waals surface area contributed by atoms with Crippen LogP contribution in [-0.2, 0) is 14.2 Å². The van der Waals surface area contributed by atoms with Crippen LogP contribution in [0.25, 0.3) is 0 Å². The Morgan fingerprint density at radius 3 is 2.52 bits per heavy atom. The minimum atomic E-state index is 0.297. The summed E-state index contributed by atoms with van der Waals surface area (Å²) in [5.41, 5.74) is 2.62. The highest BCUT2D eigenvalue weighted by molar-refractivity contribution is 5.79. The van der Waals surface area contributed by atoms with Gasteiger partial charge in [-0.1, -0.05) is 29.8 Å². The molecule has 2 aliphatic heterocycles. The fourth-order valence-corrected chi connectivity index (χ4v) is 4.09. The third-order valence-electron chi connectivity index (χ3n) is 6.09. The van der Waals surface area contributed by atoms with E-state index in [0.717, 1.165) is 91.0 Å². The molecule has 0 aliphatic carbocycles. The third-order valence-corrected chi connectivity index (χ3v) is 6.09. The number of guanidine groups is 1. The van der Waals surface area contributed by atoms with Crippen molar-refractivity contribution in [3.63, 3.8) is 0 Å². The van der Waals surface area contributed by atoms with E-state index < -0.39 is 0 Å². The lowest BCUT2D eigenvalue weighted by Gasteiger charge is -2.35. The van der Waals surface area contributed by atoms with Crippen LogP contribution in [-0.4, -0.2) is 83.7 Å². The second-order valence-electron chi connectivity index (χ2n) is 8.44. The second-order valence-corrected chi connectivity index (χ2v) is 8.44. The van der Waals surface area contributed by atoms with Crippen molar-refractivity contribution in [2.45, 2.75) is 32.2 Å². The van der Waals surface area contributed by atoms with Crippen molar-refractivity contribution in [2.75, 3.05) is 72.9 Å². The van der Waals surface area contributed by atoms with Crippen LogP contribution < -0.4 is 10.6 Å². The van der Waals surface area contributed by atoms with E-state index in [0.29, 0.717) is 12.0 Å². The van der Waals surface area contributed by atoms with Gasteiger partial charge in [-0.15, -0.1) is 0 Å². The SMILES string of the molecule is CN=C(NCCCOCC1CCOCC1)NCC(c1ccc(C)cc1)N1CCOCC1. The summed E-state index contributed by atoms with van der Waals surface area (Å²) in [5.74, 6) is 1.50. The molecule has 174 valence electrons. The molecule has 2 N–H and O–H groups in total. The molecule has 2 heterocycles. The monoisotopic (exact) mass is 432 g/mol. The van der Waals surface area contributed by atoms with Crippen LogP contribution in [0.3, 0.4) is 0 Å². The van der Waals surface area contributed by atoms with E-state index in [1.807, 2.05) is 7.05 Å². The Hall–Kier alpha value is -1.67. The molecule has 0 spiro atoms. The maximum absolute atomic E-state index is 5.86. The molecule has 1 unspecified atom stereocenters. The highest BCUT2D eigenvalue weighted by Crippen LogP contribution is 2.21. The molecular formula is C24H40N4O3. The number of nitrogens with one attached hydrogen (secondary N) is 2. The van der Waals surface area contributed by atoms with E-state index in [4.69, 9.17) is 14.2 Å². The highest BCUT2D eigenvalue weighted by Gasteiger charge is 2.23. The van der Waals surface area contributed by atoms with Crippen molar-refractivity contribution < 1.29 is 14.2 Å². The van der Waals surface area contributed by atoms with Crippen molar-refractivity contribution in [1.82, 2.24) is 15.5 Å². The molecule has 1 aromatic rings. The van der Waals surface area contributed by atoms with E-state index in [-0.39, 0.29) is 0 Å². The number of rotatable bonds is 10. The first kappa shape index (κ1) is 24.0. The molecule has 2 saturated heterocycles. The number of aryl methyl sites for hydroxylation is 1. The van der Waals surface area contributed by atoms with Crippen LogP contribution in [0.5, 0.6) is 0 Å². The van der Waals surface area contributed by atoms with E-state index in [1.165, 1.54) is 11.1 Å². The Bertz CT molecular complexity index is 641. The maximum atomic E-state index is 5.86. The Balaban J connectivity index is 1.39. The second kappa shape index (κ2) is 13.7. The van der Waals surface area contributed by atoms with Crippen molar-refractivity contribution in [1.29, 1.82) is 0 Å². The number of benzene rings is 1. The standard InChI is InChI=1S/C24H40N4O3/c1-20-4-6-22(7-5-20)23(28-11-16-30-17-12-28)18-27-24(25-2)26-10-3-13-31-19-21-8-14-29-15-9-21/h4-7,21,23H,3,8-19H2,1-2H3,(H2,25,26,27). The molecule has 1 atom stereocenters. The van der Waals surface area contributed by atoms with E-state index >= 15 is 0 Å². The molecule has 7 heteroatoms. The van der Waals surface area contributed by atoms with Crippen LogP contribution >= 0.6 is 0 Å². The molecule has 1 aromatic carbocycles. The van der Waals surface area contributed by atoms with Gasteiger partial charge in [-0.05, 0) is 37.7 Å². The number of aliphatic imine (C=N–C) groups is 1. The average molecular weight is 433 g/mol. The third kappa shape index (κ3) is 8.41. The molecule has 2 aliphatic rings. The van der Waals surface area contributed by atoms with Gasteiger partial charge in [0.25, 0.3) is 0 Å². The summed E-state index contributed by atoms with van der Waals surface area (Å²) in [4.78, 5) is 6.90. The van der Waals surface area contributed by atoms with Gasteiger partial charge in [0, 0.05) is 59.7 Å². The summed E-state index contributed by atoms with van der Waals surface area (Å²) in [6.45, 7) is 10.7. The van der Waals surface area contributed by atoms with Gasteiger partial charge in [0.2, 0.25) is 0 Å². The molecule has 2 fully saturated rings. The van der Waals surface area contributed by atoms with Crippen LogP contribution in [0.2, 0.25) is 0 Å². The molecule has 0 saturated carbocycles. The van der Waals surface area contributed by atoms with E-state index in [9.17, 15) is 0 Å². The van der Waals surface area contributed by atoms with Gasteiger partial charge in [-0.2, -0.15) is 0 Å². The predicted octanol–water partition coefficient (Wildman–Crippen LogP) is 2.37. The molecule has 0 bridgehead atoms. The number of hydrogen-bond acceptors (Lipinski definition) is 5. The zero-order chi connectivity index (χ0) is 21.7. The number of nitrogens with zero attached hydrogens (tertiary/aromatic N) is 2. The lowest BCUT2D eigenvalue weighted by atomic mass is 10.0. The zero-order valence-electron chi connectivity index (χ0n) is 19.3. The van der Waals surface area contributed by atoms with Gasteiger partial charge in [-0.25, -0.2) is 0 Å². The first-order valence-corrected chi connectivity index (χ1v) is 11.7. The molecule has 31 heavy (non-hydrogen) atoms. The van der Waals surface area contributed by atoms with Gasteiger partial charge in [0.15, 0.2) is 5.96 Å². The largest absolute Gasteiger partial charge is 0.381 e. The fraction of sp³-hybridized carbons (Fsp3) is 0.708. The smallest absolute Gasteiger partial charge is 0.191 e. The zero-order valence-corrected chi connectivity index (χ0v) is 19.3. The molecule has 0 radical (unpaired) electrons. The van der Waals surface area contributed by atoms with Gasteiger partial charge in [0.05, 0.1) is 19.3 Å². The summed E-state index contributed by atoms with van der Waals surface area (Å²) in [6, 6.07) is 9.16. The summed E-state index contributed by atoms with van der Waals surface area (Å²) in [5, 5.41) is 6.95. The highest BCUT2D eigenvalue weighted by atomic mass is 16.5. The first-order chi connectivity index (χ1) is 15.3. The van der Waals surface area contributed by atoms with Crippen LogP contribution in [0.1, 0.15) is 36.4 Å². The summed E-state index contributed by atoms with van der Waals surface area (Å²) >= 11 is 0. The molecule has 0 amide bonds. The topological polar surface area (TPSA) is 67.4 Å². The van der Waals surface area contributed by atoms with Gasteiger partial charge in [-0.3, -0.25) is 9.89 Å². The van der Waals surface area contributed by atoms with Crippen LogP contribution in [0, 0.1) is 12.8 Å². The Kier molecular flexibility index (Phi) is 10.6. The van der Waals surface area contributed by atoms with Gasteiger partial charge >= 0.3 is 0 Å². The Morgan fingerprint density at radius 1 is 1.10 bits per heavy atom. The normalized spacial score (nSPS) is 19.9. The lowest BCUT2D eigenvalue weighted by Crippen LogP contribution is -2.46. The minimum Gasteiger partial charge on any atom is -0.381 e. The number of morpholine rings is 1. The summed E-state index contributed by atoms with van der Waals surface area (Å²) in [7, 11) is 1.83. The Labute approximate surface area is 187 Å². The number of ether oxygens (including phenoxy) is 3. The van der Waals surface area contributed by atoms with Crippen molar-refractivity contribution in [2.24, 2.45) is 10.9 Å². The maximum Gasteiger partial charge on any atom is 0.191 e. The van der Waals surface area contributed by atoms with Crippen LogP contribution in [0.4, 0.5) is 0 Å². The minimum absolute atomic E-state index is 0.297. The van der Waals surface area contributed by atoms with E-state index in [1.54, 1.807) is 0 Å². The quantitative estimate of drug-likeness (QED) is 0.336. The molecular weight excluding hydrogens is 392 g/mol. The van der Waals surface area contributed by atoms with Crippen molar-refractivity contribution >= 4 is 5.96 Å². The molecule has 3 rings (SSSR count). The fourth-order valence-electron chi connectivity index (χ4n) is 4.09. The summed E-state index contributed by atoms with van der Waals surface area (Å²) in [6.07, 6.45) is 3.22. The lowest BCUT2D eigenvalue weighted by molar-refractivity contribution is 0.0169. The molecule has 7 nitrogen and oxygen atoms in total. The van der Waals surface area contributed by atoms with Crippen LogP contribution in [0.15, 0.2) is 29.3 Å². The predicted molar refractivity (Wildman–Crippen MR) is 125 cm³/mol. The Morgan fingerprint density at radius 2 is 1.81 bits per heavy atom. The average Bonchev–Trinajstić information content (AvgIpc) is 2.82. The summed E-state index contributed by atoms with van der Waals surface area (Å²) < 4.78 is 16.8. The van der Waals surface area contributed by atoms with E-state index in [2.05, 4.69) is 51.7 Å². The van der Waals surface area contributed by atoms with Gasteiger partial charge < -0.3 is 24.8 Å². The first-order valence-electron chi connectivity index (χ1n) is 11.7.